The lowest BCUT2D eigenvalue weighted by Crippen LogP contribution is -2.24. The number of carbonyl (C=O) groups excluding carboxylic acids is 1. The zero-order chi connectivity index (χ0) is 24.2. The summed E-state index contributed by atoms with van der Waals surface area (Å²) < 4.78 is 12.3. The highest BCUT2D eigenvalue weighted by molar-refractivity contribution is 6.35. The van der Waals surface area contributed by atoms with Crippen LogP contribution in [0.4, 0.5) is 11.6 Å². The van der Waals surface area contributed by atoms with Crippen LogP contribution < -0.4 is 25.7 Å². The first-order valence-electron chi connectivity index (χ1n) is 10.3. The number of halogens is 1. The van der Waals surface area contributed by atoms with Gasteiger partial charge < -0.3 is 20.1 Å². The lowest BCUT2D eigenvalue weighted by Gasteiger charge is -2.16. The van der Waals surface area contributed by atoms with Gasteiger partial charge in [-0.2, -0.15) is 4.98 Å². The van der Waals surface area contributed by atoms with Gasteiger partial charge in [0.05, 0.1) is 25.8 Å². The van der Waals surface area contributed by atoms with E-state index in [0.29, 0.717) is 51.7 Å². The number of carbonyl (C=O) groups is 1. The van der Waals surface area contributed by atoms with Crippen LogP contribution in [0.25, 0.3) is 22.2 Å². The van der Waals surface area contributed by atoms with Gasteiger partial charge in [-0.25, -0.2) is 4.98 Å². The molecule has 0 saturated heterocycles. The Hall–Kier alpha value is -4.11. The Bertz CT molecular complexity index is 1440. The summed E-state index contributed by atoms with van der Waals surface area (Å²) in [5.74, 6) is 1.26. The van der Waals surface area contributed by atoms with Crippen LogP contribution in [0.1, 0.15) is 5.56 Å². The number of nitrogens with zero attached hydrogens (tertiary/aromatic N) is 3. The van der Waals surface area contributed by atoms with Gasteiger partial charge in [-0.3, -0.25) is 14.2 Å². The van der Waals surface area contributed by atoms with Crippen LogP contribution in [0.3, 0.4) is 0 Å². The molecule has 0 atom stereocenters. The van der Waals surface area contributed by atoms with E-state index in [-0.39, 0.29) is 17.1 Å². The summed E-state index contributed by atoms with van der Waals surface area (Å²) in [4.78, 5) is 33.5. The van der Waals surface area contributed by atoms with Crippen LogP contribution in [-0.4, -0.2) is 42.2 Å². The monoisotopic (exact) mass is 479 g/mol. The Morgan fingerprint density at radius 1 is 1.12 bits per heavy atom. The summed E-state index contributed by atoms with van der Waals surface area (Å²) in [6, 6.07) is 12.3. The molecule has 34 heavy (non-hydrogen) atoms. The molecule has 0 spiro atoms. The quantitative estimate of drug-likeness (QED) is 0.370. The molecule has 1 amide bonds. The molecular formula is C24H22ClN5O4. The van der Waals surface area contributed by atoms with Crippen molar-refractivity contribution >= 4 is 40.7 Å². The molecule has 4 rings (SSSR count). The van der Waals surface area contributed by atoms with Gasteiger partial charge in [0, 0.05) is 41.5 Å². The maximum atomic E-state index is 13.8. The number of anilines is 2. The van der Waals surface area contributed by atoms with Gasteiger partial charge in [-0.1, -0.05) is 23.7 Å². The molecule has 4 aromatic rings. The molecule has 174 valence electrons. The summed E-state index contributed by atoms with van der Waals surface area (Å²) >= 11 is 6.60. The van der Waals surface area contributed by atoms with Crippen molar-refractivity contribution in [1.82, 2.24) is 14.5 Å². The third-order valence-electron chi connectivity index (χ3n) is 5.30. The van der Waals surface area contributed by atoms with Gasteiger partial charge in [0.2, 0.25) is 12.4 Å². The van der Waals surface area contributed by atoms with Crippen molar-refractivity contribution < 1.29 is 14.3 Å². The minimum Gasteiger partial charge on any atom is -0.497 e. The fourth-order valence-electron chi connectivity index (χ4n) is 3.66. The van der Waals surface area contributed by atoms with Crippen LogP contribution in [0.15, 0.2) is 53.5 Å². The number of benzene rings is 2. The SMILES string of the molecule is CNc1ncc2cc(-c3cc(OC)cc(OC)c3Cl)c(=O)n(Cc3cccc(NC=O)c3)c2n1. The largest absolute Gasteiger partial charge is 0.497 e. The third-order valence-corrected chi connectivity index (χ3v) is 5.69. The molecule has 2 heterocycles. The molecule has 0 unspecified atom stereocenters. The van der Waals surface area contributed by atoms with E-state index in [1.807, 2.05) is 6.07 Å². The van der Waals surface area contributed by atoms with Crippen LogP contribution >= 0.6 is 11.6 Å². The predicted octanol–water partition coefficient (Wildman–Crippen LogP) is 3.79. The van der Waals surface area contributed by atoms with E-state index < -0.39 is 0 Å². The summed E-state index contributed by atoms with van der Waals surface area (Å²) in [6.07, 6.45) is 2.25. The second-order valence-corrected chi connectivity index (χ2v) is 7.70. The van der Waals surface area contributed by atoms with Crippen LogP contribution in [-0.2, 0) is 11.3 Å². The maximum Gasteiger partial charge on any atom is 0.260 e. The second-order valence-electron chi connectivity index (χ2n) is 7.33. The lowest BCUT2D eigenvalue weighted by molar-refractivity contribution is -0.105. The molecule has 0 aliphatic rings. The smallest absolute Gasteiger partial charge is 0.260 e. The van der Waals surface area contributed by atoms with Gasteiger partial charge in [0.25, 0.3) is 5.56 Å². The zero-order valence-corrected chi connectivity index (χ0v) is 19.5. The number of aromatic nitrogens is 3. The number of pyridine rings is 1. The van der Waals surface area contributed by atoms with E-state index in [2.05, 4.69) is 20.6 Å². The number of amides is 1. The molecule has 0 aliphatic carbocycles. The standard InChI is InChI=1S/C24H22ClN5O4/c1-26-24-27-11-15-8-19(18-9-17(33-2)10-20(34-3)21(18)25)23(32)30(22(15)29-24)12-14-5-4-6-16(7-14)28-13-31/h4-11,13H,12H2,1-3H3,(H,28,31)(H,26,27,29). The summed E-state index contributed by atoms with van der Waals surface area (Å²) in [5.41, 5.74) is 2.37. The fraction of sp³-hybridized carbons (Fsp3) is 0.167. The van der Waals surface area contributed by atoms with Crippen LogP contribution in [0, 0.1) is 0 Å². The Morgan fingerprint density at radius 3 is 2.65 bits per heavy atom. The van der Waals surface area contributed by atoms with Gasteiger partial charge >= 0.3 is 0 Å². The minimum atomic E-state index is -0.306. The van der Waals surface area contributed by atoms with E-state index >= 15 is 0 Å². The molecule has 2 aromatic heterocycles. The first-order valence-corrected chi connectivity index (χ1v) is 10.7. The highest BCUT2D eigenvalue weighted by Gasteiger charge is 2.19. The number of nitrogens with one attached hydrogen (secondary N) is 2. The number of hydrogen-bond acceptors (Lipinski definition) is 7. The van der Waals surface area contributed by atoms with Crippen molar-refractivity contribution in [3.8, 4) is 22.6 Å². The lowest BCUT2D eigenvalue weighted by atomic mass is 10.0. The summed E-state index contributed by atoms with van der Waals surface area (Å²) in [7, 11) is 4.73. The first kappa shape index (κ1) is 23.1. The van der Waals surface area contributed by atoms with Crippen molar-refractivity contribution in [3.63, 3.8) is 0 Å². The number of methoxy groups -OCH3 is 2. The van der Waals surface area contributed by atoms with Crippen molar-refractivity contribution in [2.24, 2.45) is 0 Å². The van der Waals surface area contributed by atoms with E-state index in [1.54, 1.807) is 54.2 Å². The molecule has 0 saturated carbocycles. The Morgan fingerprint density at radius 2 is 1.94 bits per heavy atom. The number of rotatable bonds is 8. The number of hydrogen-bond donors (Lipinski definition) is 2. The molecule has 2 N–H and O–H groups in total. The van der Waals surface area contributed by atoms with Crippen molar-refractivity contribution in [1.29, 1.82) is 0 Å². The highest BCUT2D eigenvalue weighted by atomic mass is 35.5. The topological polar surface area (TPSA) is 107 Å². The molecule has 9 nitrogen and oxygen atoms in total. The third kappa shape index (κ3) is 4.38. The summed E-state index contributed by atoms with van der Waals surface area (Å²) in [5, 5.41) is 6.46. The summed E-state index contributed by atoms with van der Waals surface area (Å²) in [6.45, 7) is 0.205. The predicted molar refractivity (Wildman–Crippen MR) is 132 cm³/mol. The van der Waals surface area contributed by atoms with E-state index in [1.165, 1.54) is 14.2 Å². The molecule has 10 heteroatoms. The van der Waals surface area contributed by atoms with Gasteiger partial charge in [-0.15, -0.1) is 0 Å². The zero-order valence-electron chi connectivity index (χ0n) is 18.8. The van der Waals surface area contributed by atoms with Crippen molar-refractivity contribution in [2.75, 3.05) is 31.9 Å². The number of fused-ring (bicyclic) bond motifs is 1. The van der Waals surface area contributed by atoms with Crippen molar-refractivity contribution in [3.05, 3.63) is 69.6 Å². The molecule has 0 bridgehead atoms. The van der Waals surface area contributed by atoms with E-state index in [9.17, 15) is 9.59 Å². The van der Waals surface area contributed by atoms with E-state index in [4.69, 9.17) is 21.1 Å². The maximum absolute atomic E-state index is 13.8. The average Bonchev–Trinajstić information content (AvgIpc) is 2.86. The van der Waals surface area contributed by atoms with Gasteiger partial charge in [0.1, 0.15) is 17.1 Å². The van der Waals surface area contributed by atoms with Gasteiger partial charge in [-0.05, 0) is 29.8 Å². The Balaban J connectivity index is 1.98. The molecular weight excluding hydrogens is 458 g/mol. The molecule has 0 fully saturated rings. The Kier molecular flexibility index (Phi) is 6.65. The molecule has 0 radical (unpaired) electrons. The van der Waals surface area contributed by atoms with Crippen molar-refractivity contribution in [2.45, 2.75) is 6.54 Å². The minimum absolute atomic E-state index is 0.205. The Labute approximate surface area is 200 Å². The van der Waals surface area contributed by atoms with Gasteiger partial charge in [0.15, 0.2) is 0 Å². The number of ether oxygens (including phenoxy) is 2. The normalized spacial score (nSPS) is 10.7. The van der Waals surface area contributed by atoms with E-state index in [0.717, 1.165) is 5.56 Å². The highest BCUT2D eigenvalue weighted by Crippen LogP contribution is 2.38. The van der Waals surface area contributed by atoms with Crippen LogP contribution in [0.2, 0.25) is 5.02 Å². The molecule has 2 aromatic carbocycles. The second kappa shape index (κ2) is 9.80. The molecule has 0 aliphatic heterocycles. The van der Waals surface area contributed by atoms with Crippen LogP contribution in [0.5, 0.6) is 11.5 Å². The first-order chi connectivity index (χ1) is 16.5. The average molecular weight is 480 g/mol. The fourth-order valence-corrected chi connectivity index (χ4v) is 3.95.